The third kappa shape index (κ3) is 2.54. The summed E-state index contributed by atoms with van der Waals surface area (Å²) < 4.78 is 28.0. The zero-order valence-electron chi connectivity index (χ0n) is 10.8. The number of rotatable bonds is 3. The molecule has 20 heavy (non-hydrogen) atoms. The van der Waals surface area contributed by atoms with E-state index in [1.165, 1.54) is 29.0 Å². The van der Waals surface area contributed by atoms with Gasteiger partial charge in [-0.2, -0.15) is 0 Å². The number of hydrogen-bond donors (Lipinski definition) is 1. The van der Waals surface area contributed by atoms with Gasteiger partial charge in [0.25, 0.3) is 0 Å². The monoisotopic (exact) mass is 357 g/mol. The Bertz CT molecular complexity index is 632. The second-order valence-electron chi connectivity index (χ2n) is 5.08. The number of aryl methyl sites for hydroxylation is 2. The van der Waals surface area contributed by atoms with Crippen LogP contribution in [-0.4, -0.2) is 0 Å². The van der Waals surface area contributed by atoms with E-state index in [4.69, 9.17) is 5.73 Å². The molecule has 1 unspecified atom stereocenters. The van der Waals surface area contributed by atoms with Crippen molar-refractivity contribution >= 4 is 27.3 Å². The summed E-state index contributed by atoms with van der Waals surface area (Å²) in [5, 5.41) is 0. The Labute approximate surface area is 128 Å². The molecule has 0 saturated heterocycles. The molecule has 0 fully saturated rings. The molecule has 1 atom stereocenters. The lowest BCUT2D eigenvalue weighted by Crippen LogP contribution is -2.14. The van der Waals surface area contributed by atoms with E-state index < -0.39 is 11.6 Å². The molecule has 0 spiro atoms. The Morgan fingerprint density at radius 2 is 2.10 bits per heavy atom. The first kappa shape index (κ1) is 14.2. The summed E-state index contributed by atoms with van der Waals surface area (Å²) in [5.74, 6) is -1.09. The lowest BCUT2D eigenvalue weighted by atomic mass is 10.0. The van der Waals surface area contributed by atoms with E-state index in [1.54, 1.807) is 11.3 Å². The van der Waals surface area contributed by atoms with E-state index in [2.05, 4.69) is 22.0 Å². The number of benzene rings is 1. The molecule has 3 rings (SSSR count). The maximum Gasteiger partial charge on any atom is 0.143 e. The van der Waals surface area contributed by atoms with Crippen LogP contribution in [0.2, 0.25) is 0 Å². The van der Waals surface area contributed by atoms with Gasteiger partial charge < -0.3 is 5.73 Å². The van der Waals surface area contributed by atoms with Crippen molar-refractivity contribution in [3.8, 4) is 0 Å². The van der Waals surface area contributed by atoms with Crippen LogP contribution >= 0.6 is 27.3 Å². The number of nitrogens with two attached hydrogens (primary N) is 1. The Morgan fingerprint density at radius 1 is 1.30 bits per heavy atom. The van der Waals surface area contributed by atoms with Gasteiger partial charge >= 0.3 is 0 Å². The quantitative estimate of drug-likeness (QED) is 0.803. The zero-order valence-corrected chi connectivity index (χ0v) is 13.2. The first-order valence-electron chi connectivity index (χ1n) is 6.55. The summed E-state index contributed by atoms with van der Waals surface area (Å²) in [6, 6.07) is 4.39. The predicted molar refractivity (Wildman–Crippen MR) is 81.0 cm³/mol. The molecule has 1 heterocycles. The van der Waals surface area contributed by atoms with Crippen LogP contribution in [0.25, 0.3) is 0 Å². The molecule has 2 N–H and O–H groups in total. The highest BCUT2D eigenvalue weighted by atomic mass is 79.9. The van der Waals surface area contributed by atoms with Gasteiger partial charge in [0.1, 0.15) is 11.6 Å². The topological polar surface area (TPSA) is 26.0 Å². The van der Waals surface area contributed by atoms with Gasteiger partial charge in [-0.1, -0.05) is 0 Å². The average Bonchev–Trinajstić information content (AvgIpc) is 3.00. The lowest BCUT2D eigenvalue weighted by molar-refractivity contribution is 0.537. The number of hydrogen-bond acceptors (Lipinski definition) is 2. The van der Waals surface area contributed by atoms with Crippen LogP contribution in [0.15, 0.2) is 22.7 Å². The van der Waals surface area contributed by atoms with Crippen molar-refractivity contribution in [1.82, 2.24) is 0 Å². The Balaban J connectivity index is 1.85. The number of fused-ring (bicyclic) bond motifs is 1. The van der Waals surface area contributed by atoms with E-state index in [9.17, 15) is 8.78 Å². The maximum atomic E-state index is 14.0. The number of halogens is 3. The van der Waals surface area contributed by atoms with Crippen LogP contribution < -0.4 is 5.73 Å². The molecule has 1 aromatic heterocycles. The molecule has 106 valence electrons. The molecule has 0 bridgehead atoms. The second-order valence-corrected chi connectivity index (χ2v) is 7.11. The summed E-state index contributed by atoms with van der Waals surface area (Å²) in [4.78, 5) is 2.40. The lowest BCUT2D eigenvalue weighted by Gasteiger charge is -2.12. The van der Waals surface area contributed by atoms with Crippen LogP contribution in [0, 0.1) is 11.6 Å². The van der Waals surface area contributed by atoms with Gasteiger partial charge in [0, 0.05) is 21.4 Å². The van der Waals surface area contributed by atoms with Gasteiger partial charge in [-0.3, -0.25) is 0 Å². The van der Waals surface area contributed by atoms with E-state index in [-0.39, 0.29) is 22.5 Å². The smallest absolute Gasteiger partial charge is 0.143 e. The van der Waals surface area contributed by atoms with Crippen molar-refractivity contribution in [1.29, 1.82) is 0 Å². The van der Waals surface area contributed by atoms with E-state index in [0.29, 0.717) is 0 Å². The van der Waals surface area contributed by atoms with Crippen LogP contribution in [0.5, 0.6) is 0 Å². The Morgan fingerprint density at radius 3 is 2.85 bits per heavy atom. The summed E-state index contributed by atoms with van der Waals surface area (Å²) in [5.41, 5.74) is 7.55. The third-order valence-electron chi connectivity index (χ3n) is 3.69. The van der Waals surface area contributed by atoms with Crippen molar-refractivity contribution in [2.24, 2.45) is 5.73 Å². The highest BCUT2D eigenvalue weighted by molar-refractivity contribution is 9.10. The van der Waals surface area contributed by atoms with Gasteiger partial charge in [-0.25, -0.2) is 8.78 Å². The maximum absolute atomic E-state index is 14.0. The number of thiophene rings is 1. The minimum Gasteiger partial charge on any atom is -0.323 e. The van der Waals surface area contributed by atoms with Crippen molar-refractivity contribution in [3.05, 3.63) is 55.2 Å². The Kier molecular flexibility index (Phi) is 3.93. The molecule has 0 radical (unpaired) electrons. The molecule has 1 aromatic carbocycles. The minimum atomic E-state index is -0.551. The van der Waals surface area contributed by atoms with Crippen LogP contribution in [-0.2, 0) is 19.3 Å². The molecular weight excluding hydrogens is 344 g/mol. The SMILES string of the molecule is NC(Cc1c(F)ccc(Br)c1F)c1cc2c(s1)CCC2. The second kappa shape index (κ2) is 5.54. The minimum absolute atomic E-state index is 0.0560. The Hall–Kier alpha value is -0.780. The molecular formula is C15H14BrF2NS. The normalized spacial score (nSPS) is 15.4. The van der Waals surface area contributed by atoms with Crippen LogP contribution in [0.4, 0.5) is 8.78 Å². The average molecular weight is 358 g/mol. The van der Waals surface area contributed by atoms with Crippen molar-refractivity contribution in [2.45, 2.75) is 31.7 Å². The molecule has 1 aliphatic carbocycles. The fraction of sp³-hybridized carbons (Fsp3) is 0.333. The fourth-order valence-electron chi connectivity index (χ4n) is 2.61. The third-order valence-corrected chi connectivity index (χ3v) is 5.68. The summed E-state index contributed by atoms with van der Waals surface area (Å²) in [6.45, 7) is 0. The van der Waals surface area contributed by atoms with Gasteiger partial charge in [0.05, 0.1) is 4.47 Å². The highest BCUT2D eigenvalue weighted by Crippen LogP contribution is 2.35. The van der Waals surface area contributed by atoms with Crippen molar-refractivity contribution < 1.29 is 8.78 Å². The molecule has 0 aliphatic heterocycles. The highest BCUT2D eigenvalue weighted by Gasteiger charge is 2.21. The van der Waals surface area contributed by atoms with Gasteiger partial charge in [-0.15, -0.1) is 11.3 Å². The molecule has 1 aliphatic rings. The zero-order chi connectivity index (χ0) is 14.3. The summed E-state index contributed by atoms with van der Waals surface area (Å²) in [6.07, 6.45) is 3.58. The predicted octanol–water partition coefficient (Wildman–Crippen LogP) is 4.52. The van der Waals surface area contributed by atoms with Gasteiger partial charge in [0.15, 0.2) is 0 Å². The fourth-order valence-corrected chi connectivity index (χ4v) is 4.24. The molecule has 5 heteroatoms. The standard InChI is InChI=1S/C15H14BrF2NS/c16-10-4-5-11(17)9(15(10)18)7-12(19)14-6-8-2-1-3-13(8)20-14/h4-6,12H,1-3,7,19H2. The first-order chi connectivity index (χ1) is 9.56. The van der Waals surface area contributed by atoms with Gasteiger partial charge in [-0.05, 0) is 65.4 Å². The van der Waals surface area contributed by atoms with Crippen molar-refractivity contribution in [2.75, 3.05) is 0 Å². The van der Waals surface area contributed by atoms with Crippen LogP contribution in [0.1, 0.15) is 33.3 Å². The first-order valence-corrected chi connectivity index (χ1v) is 8.16. The molecule has 2 aromatic rings. The van der Waals surface area contributed by atoms with E-state index in [0.717, 1.165) is 17.7 Å². The van der Waals surface area contributed by atoms with Gasteiger partial charge in [0.2, 0.25) is 0 Å². The summed E-state index contributed by atoms with van der Waals surface area (Å²) >= 11 is 4.77. The van der Waals surface area contributed by atoms with Crippen LogP contribution in [0.3, 0.4) is 0 Å². The molecule has 1 nitrogen and oxygen atoms in total. The van der Waals surface area contributed by atoms with Crippen molar-refractivity contribution in [3.63, 3.8) is 0 Å². The molecule has 0 saturated carbocycles. The molecule has 0 amide bonds. The largest absolute Gasteiger partial charge is 0.323 e. The van der Waals surface area contributed by atoms with E-state index >= 15 is 0 Å². The summed E-state index contributed by atoms with van der Waals surface area (Å²) in [7, 11) is 0. The van der Waals surface area contributed by atoms with E-state index in [1.807, 2.05) is 0 Å².